The summed E-state index contributed by atoms with van der Waals surface area (Å²) in [7, 11) is 0. The smallest absolute Gasteiger partial charge is 0.0352 e. The van der Waals surface area contributed by atoms with Gasteiger partial charge in [-0.25, -0.2) is 0 Å². The summed E-state index contributed by atoms with van der Waals surface area (Å²) in [6.07, 6.45) is 5.84. The lowest BCUT2D eigenvalue weighted by molar-refractivity contribution is 0.503. The Hall–Kier alpha value is -1.08. The normalized spacial score (nSPS) is 19.3. The molecule has 2 aromatic rings. The minimum atomic E-state index is 0.705. The Bertz CT molecular complexity index is 546. The lowest BCUT2D eigenvalue weighted by Crippen LogP contribution is -2.08. The number of allylic oxidation sites excluding steroid dienone is 1. The number of thiophene rings is 1. The van der Waals surface area contributed by atoms with Crippen LogP contribution in [0.3, 0.4) is 0 Å². The van der Waals surface area contributed by atoms with E-state index >= 15 is 0 Å². The van der Waals surface area contributed by atoms with Crippen molar-refractivity contribution in [1.82, 2.24) is 0 Å². The zero-order valence-electron chi connectivity index (χ0n) is 9.73. The molecular weight excluding hydrogens is 212 g/mol. The third-order valence-corrected chi connectivity index (χ3v) is 4.65. The van der Waals surface area contributed by atoms with Gasteiger partial charge in [0.2, 0.25) is 0 Å². The lowest BCUT2D eigenvalue weighted by atomic mass is 9.82. The predicted molar refractivity (Wildman–Crippen MR) is 73.1 cm³/mol. The van der Waals surface area contributed by atoms with Crippen LogP contribution in [0.1, 0.15) is 36.6 Å². The van der Waals surface area contributed by atoms with Crippen LogP contribution >= 0.6 is 11.3 Å². The molecule has 0 saturated heterocycles. The molecule has 0 N–H and O–H groups in total. The van der Waals surface area contributed by atoms with Gasteiger partial charge in [-0.1, -0.05) is 38.1 Å². The van der Waals surface area contributed by atoms with Crippen LogP contribution < -0.4 is 0 Å². The summed E-state index contributed by atoms with van der Waals surface area (Å²) in [4.78, 5) is 1.48. The van der Waals surface area contributed by atoms with Gasteiger partial charge in [-0.2, -0.15) is 0 Å². The fourth-order valence-electron chi connectivity index (χ4n) is 2.64. The number of rotatable bonds is 1. The van der Waals surface area contributed by atoms with E-state index in [1.54, 1.807) is 5.56 Å². The van der Waals surface area contributed by atoms with E-state index in [4.69, 9.17) is 0 Å². The molecule has 1 aliphatic rings. The van der Waals surface area contributed by atoms with Crippen molar-refractivity contribution in [2.75, 3.05) is 0 Å². The summed E-state index contributed by atoms with van der Waals surface area (Å²) in [6, 6.07) is 8.81. The minimum absolute atomic E-state index is 0.705. The van der Waals surface area contributed by atoms with E-state index < -0.39 is 0 Å². The molecule has 1 aliphatic carbocycles. The minimum Gasteiger partial charge on any atom is -0.136 e. The standard InChI is InChI=1S/C15H16S/c1-10(2)11-7-5-9-14-15(11)12-6-3-4-8-13(12)16-14/h3-6,8-11H,7H2,1-2H3. The van der Waals surface area contributed by atoms with E-state index in [2.05, 4.69) is 50.3 Å². The Morgan fingerprint density at radius 3 is 2.88 bits per heavy atom. The van der Waals surface area contributed by atoms with Crippen LogP contribution in [0.4, 0.5) is 0 Å². The van der Waals surface area contributed by atoms with Crippen LogP contribution in [0.25, 0.3) is 16.2 Å². The molecule has 0 nitrogen and oxygen atoms in total. The van der Waals surface area contributed by atoms with Crippen molar-refractivity contribution < 1.29 is 0 Å². The molecule has 0 aliphatic heterocycles. The van der Waals surface area contributed by atoms with Gasteiger partial charge in [0.15, 0.2) is 0 Å². The molecule has 0 radical (unpaired) electrons. The second kappa shape index (κ2) is 3.74. The highest BCUT2D eigenvalue weighted by Gasteiger charge is 2.24. The number of hydrogen-bond acceptors (Lipinski definition) is 1. The SMILES string of the molecule is CC(C)C1CC=Cc2sc3ccccc3c21. The molecule has 1 atom stereocenters. The first-order valence-corrected chi connectivity index (χ1v) is 6.77. The van der Waals surface area contributed by atoms with Crippen LogP contribution in [-0.4, -0.2) is 0 Å². The first-order valence-electron chi connectivity index (χ1n) is 5.95. The third-order valence-electron chi connectivity index (χ3n) is 3.50. The molecule has 0 fully saturated rings. The molecule has 1 heteroatoms. The summed E-state index contributed by atoms with van der Waals surface area (Å²) in [5.41, 5.74) is 1.60. The topological polar surface area (TPSA) is 0 Å². The summed E-state index contributed by atoms with van der Waals surface area (Å²) in [5.74, 6) is 1.43. The molecule has 0 saturated carbocycles. The van der Waals surface area contributed by atoms with Crippen molar-refractivity contribution in [2.45, 2.75) is 26.2 Å². The molecule has 1 aromatic heterocycles. The molecule has 82 valence electrons. The van der Waals surface area contributed by atoms with Crippen molar-refractivity contribution in [2.24, 2.45) is 5.92 Å². The monoisotopic (exact) mass is 228 g/mol. The summed E-state index contributed by atoms with van der Waals surface area (Å²) < 4.78 is 1.43. The van der Waals surface area contributed by atoms with Gasteiger partial charge in [0.05, 0.1) is 0 Å². The van der Waals surface area contributed by atoms with Gasteiger partial charge in [0.1, 0.15) is 0 Å². The average molecular weight is 228 g/mol. The summed E-state index contributed by atoms with van der Waals surface area (Å²) in [5, 5.41) is 1.48. The van der Waals surface area contributed by atoms with Crippen LogP contribution in [0.15, 0.2) is 30.3 Å². The van der Waals surface area contributed by atoms with Gasteiger partial charge in [0.25, 0.3) is 0 Å². The third kappa shape index (κ3) is 1.42. The average Bonchev–Trinajstić information content (AvgIpc) is 2.66. The largest absolute Gasteiger partial charge is 0.136 e. The molecular formula is C15H16S. The summed E-state index contributed by atoms with van der Waals surface area (Å²) in [6.45, 7) is 4.67. The summed E-state index contributed by atoms with van der Waals surface area (Å²) >= 11 is 1.93. The van der Waals surface area contributed by atoms with Crippen LogP contribution in [-0.2, 0) is 0 Å². The lowest BCUT2D eigenvalue weighted by Gasteiger charge is -2.23. The van der Waals surface area contributed by atoms with Crippen LogP contribution in [0.5, 0.6) is 0 Å². The molecule has 1 unspecified atom stereocenters. The first-order chi connectivity index (χ1) is 7.77. The van der Waals surface area contributed by atoms with Crippen LogP contribution in [0.2, 0.25) is 0 Å². The Morgan fingerprint density at radius 2 is 2.06 bits per heavy atom. The highest BCUT2D eigenvalue weighted by molar-refractivity contribution is 7.20. The van der Waals surface area contributed by atoms with Gasteiger partial charge in [-0.15, -0.1) is 11.3 Å². The van der Waals surface area contributed by atoms with Gasteiger partial charge in [-0.3, -0.25) is 0 Å². The van der Waals surface area contributed by atoms with Gasteiger partial charge >= 0.3 is 0 Å². The van der Waals surface area contributed by atoms with E-state index in [1.165, 1.54) is 21.4 Å². The second-order valence-electron chi connectivity index (χ2n) is 4.86. The molecule has 0 spiro atoms. The molecule has 16 heavy (non-hydrogen) atoms. The van der Waals surface area contributed by atoms with Crippen molar-refractivity contribution in [3.05, 3.63) is 40.8 Å². The Labute approximate surface area is 101 Å². The molecule has 0 amide bonds. The maximum atomic E-state index is 2.34. The van der Waals surface area contributed by atoms with E-state index in [0.29, 0.717) is 5.92 Å². The van der Waals surface area contributed by atoms with Crippen molar-refractivity contribution in [1.29, 1.82) is 0 Å². The fourth-order valence-corrected chi connectivity index (χ4v) is 3.84. The van der Waals surface area contributed by atoms with Crippen molar-refractivity contribution >= 4 is 27.5 Å². The maximum absolute atomic E-state index is 2.34. The molecule has 1 heterocycles. The van der Waals surface area contributed by atoms with Gasteiger partial charge in [-0.05, 0) is 41.3 Å². The number of fused-ring (bicyclic) bond motifs is 3. The van der Waals surface area contributed by atoms with Crippen molar-refractivity contribution in [3.8, 4) is 0 Å². The molecule has 0 bridgehead atoms. The zero-order valence-corrected chi connectivity index (χ0v) is 10.6. The van der Waals surface area contributed by atoms with E-state index in [1.807, 2.05) is 11.3 Å². The highest BCUT2D eigenvalue weighted by atomic mass is 32.1. The molecule has 3 rings (SSSR count). The highest BCUT2D eigenvalue weighted by Crippen LogP contribution is 2.43. The first kappa shape index (κ1) is 10.1. The van der Waals surface area contributed by atoms with Gasteiger partial charge < -0.3 is 0 Å². The van der Waals surface area contributed by atoms with Gasteiger partial charge in [0, 0.05) is 9.58 Å². The maximum Gasteiger partial charge on any atom is 0.0352 e. The number of hydrogen-bond donors (Lipinski definition) is 0. The Balaban J connectivity index is 2.29. The Morgan fingerprint density at radius 1 is 1.25 bits per heavy atom. The quantitative estimate of drug-likeness (QED) is 0.640. The predicted octanol–water partition coefficient (Wildman–Crippen LogP) is 5.06. The van der Waals surface area contributed by atoms with Crippen molar-refractivity contribution in [3.63, 3.8) is 0 Å². The number of benzene rings is 1. The fraction of sp³-hybridized carbons (Fsp3) is 0.333. The van der Waals surface area contributed by atoms with E-state index in [0.717, 1.165) is 5.92 Å². The van der Waals surface area contributed by atoms with E-state index in [9.17, 15) is 0 Å². The molecule has 1 aromatic carbocycles. The second-order valence-corrected chi connectivity index (χ2v) is 5.95. The Kier molecular flexibility index (Phi) is 2.36. The van der Waals surface area contributed by atoms with Crippen LogP contribution in [0, 0.1) is 5.92 Å². The zero-order chi connectivity index (χ0) is 11.1. The van der Waals surface area contributed by atoms with E-state index in [-0.39, 0.29) is 0 Å².